The van der Waals surface area contributed by atoms with Crippen LogP contribution in [0.1, 0.15) is 22.8 Å². The van der Waals surface area contributed by atoms with Crippen LogP contribution in [0, 0.1) is 0 Å². The molecule has 0 aliphatic heterocycles. The van der Waals surface area contributed by atoms with Gasteiger partial charge in [0.1, 0.15) is 5.65 Å². The highest BCUT2D eigenvalue weighted by Gasteiger charge is 2.12. The third-order valence-electron chi connectivity index (χ3n) is 3.23. The summed E-state index contributed by atoms with van der Waals surface area (Å²) >= 11 is 3.37. The molecule has 0 aliphatic carbocycles. The summed E-state index contributed by atoms with van der Waals surface area (Å²) in [5.74, 6) is -0.133. The van der Waals surface area contributed by atoms with Crippen LogP contribution in [-0.4, -0.2) is 15.2 Å². The van der Waals surface area contributed by atoms with E-state index in [-0.39, 0.29) is 11.3 Å². The second-order valence-corrected chi connectivity index (χ2v) is 5.13. The summed E-state index contributed by atoms with van der Waals surface area (Å²) < 4.78 is 1.49. The summed E-state index contributed by atoms with van der Waals surface area (Å²) in [5.41, 5.74) is 2.31. The summed E-state index contributed by atoms with van der Waals surface area (Å²) in [7, 11) is 0. The fourth-order valence-corrected chi connectivity index (χ4v) is 2.60. The van der Waals surface area contributed by atoms with Crippen LogP contribution in [0.4, 0.5) is 0 Å². The molecule has 0 atom stereocenters. The fraction of sp³-hybridized carbons (Fsp3) is 0.133. The predicted molar refractivity (Wildman–Crippen MR) is 81.6 cm³/mol. The smallest absolute Gasteiger partial charge is 0.266 e. The number of halogens is 1. The number of hydrogen-bond acceptors (Lipinski definition) is 3. The molecule has 0 saturated heterocycles. The first kappa shape index (κ1) is 13.0. The maximum Gasteiger partial charge on any atom is 0.266 e. The molecule has 0 N–H and O–H groups in total. The molecular formula is C15H11BrN2O2. The van der Waals surface area contributed by atoms with Crippen LogP contribution in [0.15, 0.2) is 41.3 Å². The maximum atomic E-state index is 12.6. The average molecular weight is 331 g/mol. The molecule has 2 aromatic heterocycles. The molecule has 4 nitrogen and oxygen atoms in total. The average Bonchev–Trinajstić information content (AvgIpc) is 2.46. The second-order valence-electron chi connectivity index (χ2n) is 4.57. The number of fused-ring (bicyclic) bond motifs is 2. The molecule has 3 rings (SSSR count). The number of carbonyl (C=O) groups is 1. The van der Waals surface area contributed by atoms with Gasteiger partial charge in [-0.05, 0) is 24.6 Å². The zero-order valence-corrected chi connectivity index (χ0v) is 12.3. The molecule has 0 fully saturated rings. The molecule has 0 saturated carbocycles. The molecular weight excluding hydrogens is 320 g/mol. The van der Waals surface area contributed by atoms with Gasteiger partial charge in [0, 0.05) is 17.1 Å². The maximum absolute atomic E-state index is 12.6. The molecule has 0 unspecified atom stereocenters. The molecule has 3 aromatic rings. The molecule has 1 aromatic carbocycles. The first-order valence-electron chi connectivity index (χ1n) is 6.13. The molecule has 20 heavy (non-hydrogen) atoms. The number of rotatable bonds is 2. The van der Waals surface area contributed by atoms with Crippen molar-refractivity contribution in [2.45, 2.75) is 12.3 Å². The Hall–Kier alpha value is -2.01. The van der Waals surface area contributed by atoms with Crippen LogP contribution in [0.25, 0.3) is 16.6 Å². The van der Waals surface area contributed by atoms with E-state index < -0.39 is 0 Å². The zero-order valence-electron chi connectivity index (χ0n) is 10.8. The number of carbonyl (C=O) groups excluding carboxylic acids is 1. The van der Waals surface area contributed by atoms with Crippen LogP contribution in [-0.2, 0) is 5.33 Å². The van der Waals surface area contributed by atoms with Crippen LogP contribution < -0.4 is 5.56 Å². The van der Waals surface area contributed by atoms with Crippen molar-refractivity contribution in [2.75, 3.05) is 0 Å². The fourth-order valence-electron chi connectivity index (χ4n) is 2.27. The van der Waals surface area contributed by atoms with Crippen LogP contribution in [0.3, 0.4) is 0 Å². The van der Waals surface area contributed by atoms with Gasteiger partial charge in [-0.1, -0.05) is 34.1 Å². The Labute approximate surface area is 123 Å². The van der Waals surface area contributed by atoms with E-state index in [2.05, 4.69) is 20.9 Å². The zero-order chi connectivity index (χ0) is 14.3. The third kappa shape index (κ3) is 1.94. The van der Waals surface area contributed by atoms with E-state index in [1.165, 1.54) is 11.3 Å². The van der Waals surface area contributed by atoms with Gasteiger partial charge in [0.25, 0.3) is 5.56 Å². The van der Waals surface area contributed by atoms with Gasteiger partial charge < -0.3 is 0 Å². The van der Waals surface area contributed by atoms with Gasteiger partial charge in [0.05, 0.1) is 10.9 Å². The molecule has 2 heterocycles. The van der Waals surface area contributed by atoms with E-state index in [9.17, 15) is 9.59 Å². The Balaban J connectivity index is 2.52. The lowest BCUT2D eigenvalue weighted by Crippen LogP contribution is -2.17. The van der Waals surface area contributed by atoms with Crippen molar-refractivity contribution in [1.82, 2.24) is 9.38 Å². The van der Waals surface area contributed by atoms with E-state index in [0.717, 1.165) is 5.56 Å². The van der Waals surface area contributed by atoms with Crippen molar-refractivity contribution in [3.05, 3.63) is 58.0 Å². The summed E-state index contributed by atoms with van der Waals surface area (Å²) in [6.45, 7) is 1.46. The van der Waals surface area contributed by atoms with E-state index in [1.54, 1.807) is 30.5 Å². The van der Waals surface area contributed by atoms with E-state index in [1.807, 2.05) is 6.07 Å². The van der Waals surface area contributed by atoms with Crippen LogP contribution in [0.2, 0.25) is 0 Å². The number of Topliss-reactive ketones (excluding diaryl/α,β-unsaturated/α-hetero) is 1. The van der Waals surface area contributed by atoms with Gasteiger partial charge in [-0.15, -0.1) is 0 Å². The van der Waals surface area contributed by atoms with Crippen molar-refractivity contribution in [2.24, 2.45) is 0 Å². The van der Waals surface area contributed by atoms with Gasteiger partial charge in [-0.25, -0.2) is 4.98 Å². The molecule has 0 bridgehead atoms. The highest BCUT2D eigenvalue weighted by molar-refractivity contribution is 9.08. The monoisotopic (exact) mass is 330 g/mol. The van der Waals surface area contributed by atoms with Crippen LogP contribution in [0.5, 0.6) is 0 Å². The lowest BCUT2D eigenvalue weighted by Gasteiger charge is -2.07. The number of pyridine rings is 1. The summed E-state index contributed by atoms with van der Waals surface area (Å²) in [5, 5.41) is 1.03. The number of nitrogens with zero attached hydrogens (tertiary/aromatic N) is 2. The molecule has 100 valence electrons. The van der Waals surface area contributed by atoms with E-state index in [0.29, 0.717) is 27.4 Å². The standard InChI is InChI=1S/C15H11BrN2O2/c1-9(19)11-3-2-4-12-14(11)15(20)18-8-10(7-16)5-6-13(18)17-12/h2-6,8H,7H2,1H3. The quantitative estimate of drug-likeness (QED) is 0.412. The predicted octanol–water partition coefficient (Wildman–Crippen LogP) is 2.95. The first-order valence-corrected chi connectivity index (χ1v) is 7.25. The van der Waals surface area contributed by atoms with Crippen LogP contribution >= 0.6 is 15.9 Å². The number of benzene rings is 1. The lowest BCUT2D eigenvalue weighted by molar-refractivity contribution is 0.101. The van der Waals surface area contributed by atoms with Gasteiger partial charge in [-0.3, -0.25) is 14.0 Å². The molecule has 0 amide bonds. The SMILES string of the molecule is CC(=O)c1cccc2nc3ccc(CBr)cn3c(=O)c12. The highest BCUT2D eigenvalue weighted by Crippen LogP contribution is 2.16. The number of alkyl halides is 1. The van der Waals surface area contributed by atoms with Crippen molar-refractivity contribution in [3.63, 3.8) is 0 Å². The van der Waals surface area contributed by atoms with Gasteiger partial charge in [0.15, 0.2) is 5.78 Å². The topological polar surface area (TPSA) is 51.4 Å². The van der Waals surface area contributed by atoms with Crippen molar-refractivity contribution in [1.29, 1.82) is 0 Å². The minimum Gasteiger partial charge on any atom is -0.294 e. The largest absolute Gasteiger partial charge is 0.294 e. The Morgan fingerprint density at radius 1 is 1.30 bits per heavy atom. The normalized spacial score (nSPS) is 11.1. The van der Waals surface area contributed by atoms with E-state index >= 15 is 0 Å². The molecule has 0 aliphatic rings. The first-order chi connectivity index (χ1) is 9.61. The van der Waals surface area contributed by atoms with Crippen molar-refractivity contribution in [3.8, 4) is 0 Å². The summed E-state index contributed by atoms with van der Waals surface area (Å²) in [4.78, 5) is 28.8. The second kappa shape index (κ2) is 4.83. The van der Waals surface area contributed by atoms with Crippen molar-refractivity contribution < 1.29 is 4.79 Å². The summed E-state index contributed by atoms with van der Waals surface area (Å²) in [6, 6.07) is 8.87. The number of ketones is 1. The van der Waals surface area contributed by atoms with Gasteiger partial charge >= 0.3 is 0 Å². The van der Waals surface area contributed by atoms with E-state index in [4.69, 9.17) is 0 Å². The lowest BCUT2D eigenvalue weighted by atomic mass is 10.1. The van der Waals surface area contributed by atoms with Gasteiger partial charge in [-0.2, -0.15) is 0 Å². The minimum absolute atomic E-state index is 0.133. The number of hydrogen-bond donors (Lipinski definition) is 0. The highest BCUT2D eigenvalue weighted by atomic mass is 79.9. The Kier molecular flexibility index (Phi) is 3.14. The van der Waals surface area contributed by atoms with Gasteiger partial charge in [0.2, 0.25) is 0 Å². The minimum atomic E-state index is -0.210. The number of aromatic nitrogens is 2. The molecule has 5 heteroatoms. The Bertz CT molecular complexity index is 899. The third-order valence-corrected chi connectivity index (χ3v) is 3.88. The summed E-state index contributed by atoms with van der Waals surface area (Å²) in [6.07, 6.45) is 1.75. The molecule has 0 radical (unpaired) electrons. The Morgan fingerprint density at radius 2 is 2.10 bits per heavy atom. The Morgan fingerprint density at radius 3 is 2.80 bits per heavy atom. The van der Waals surface area contributed by atoms with Crippen molar-refractivity contribution >= 4 is 38.3 Å². The molecule has 0 spiro atoms.